The van der Waals surface area contributed by atoms with E-state index in [0.717, 1.165) is 29.7 Å². The molecule has 0 amide bonds. The highest BCUT2D eigenvalue weighted by molar-refractivity contribution is 5.84. The molecular weight excluding hydrogens is 240 g/mol. The van der Waals surface area contributed by atoms with E-state index in [9.17, 15) is 0 Å². The van der Waals surface area contributed by atoms with Gasteiger partial charge in [0.25, 0.3) is 0 Å². The zero-order valence-corrected chi connectivity index (χ0v) is 12.1. The molecule has 0 bridgehead atoms. The Hall–Kier alpha value is -1.75. The van der Waals surface area contributed by atoms with E-state index >= 15 is 0 Å². The summed E-state index contributed by atoms with van der Waals surface area (Å²) in [6, 6.07) is 6.22. The SMILES string of the molecule is COc1cccc2c1nc(N)n2C(C)CCN(C)C. The standard InChI is InChI=1S/C14H22N4O/c1-10(8-9-17(2)3)18-11-6-5-7-12(19-4)13(11)16-14(18)15/h5-7,10H,8-9H2,1-4H3,(H2,15,16). The molecule has 0 saturated carbocycles. The second-order valence-electron chi connectivity index (χ2n) is 5.11. The topological polar surface area (TPSA) is 56.3 Å². The second kappa shape index (κ2) is 5.48. The van der Waals surface area contributed by atoms with Crippen LogP contribution in [-0.2, 0) is 0 Å². The summed E-state index contributed by atoms with van der Waals surface area (Å²) >= 11 is 0. The van der Waals surface area contributed by atoms with Crippen molar-refractivity contribution in [2.24, 2.45) is 0 Å². The van der Waals surface area contributed by atoms with Gasteiger partial charge >= 0.3 is 0 Å². The lowest BCUT2D eigenvalue weighted by Gasteiger charge is -2.18. The molecule has 2 N–H and O–H groups in total. The molecule has 0 aliphatic rings. The highest BCUT2D eigenvalue weighted by Crippen LogP contribution is 2.30. The van der Waals surface area contributed by atoms with Crippen LogP contribution in [-0.4, -0.2) is 42.2 Å². The molecule has 0 aliphatic carbocycles. The summed E-state index contributed by atoms with van der Waals surface area (Å²) in [5, 5.41) is 0. The molecule has 0 spiro atoms. The van der Waals surface area contributed by atoms with Gasteiger partial charge in [0.2, 0.25) is 5.95 Å². The molecule has 1 unspecified atom stereocenters. The molecule has 5 heteroatoms. The summed E-state index contributed by atoms with van der Waals surface area (Å²) in [5.41, 5.74) is 7.93. The first-order chi connectivity index (χ1) is 9.04. The van der Waals surface area contributed by atoms with E-state index in [1.165, 1.54) is 0 Å². The first kappa shape index (κ1) is 13.7. The monoisotopic (exact) mass is 262 g/mol. The third-order valence-corrected chi connectivity index (χ3v) is 3.37. The van der Waals surface area contributed by atoms with Crippen LogP contribution in [0.5, 0.6) is 5.75 Å². The van der Waals surface area contributed by atoms with Crippen LogP contribution < -0.4 is 10.5 Å². The van der Waals surface area contributed by atoms with Gasteiger partial charge in [0.05, 0.1) is 12.6 Å². The smallest absolute Gasteiger partial charge is 0.201 e. The molecule has 19 heavy (non-hydrogen) atoms. The fraction of sp³-hybridized carbons (Fsp3) is 0.500. The van der Waals surface area contributed by atoms with E-state index in [4.69, 9.17) is 10.5 Å². The van der Waals surface area contributed by atoms with E-state index in [-0.39, 0.29) is 0 Å². The van der Waals surface area contributed by atoms with Gasteiger partial charge in [0, 0.05) is 6.04 Å². The van der Waals surface area contributed by atoms with Crippen LogP contribution >= 0.6 is 0 Å². The zero-order chi connectivity index (χ0) is 14.0. The van der Waals surface area contributed by atoms with Crippen molar-refractivity contribution in [2.45, 2.75) is 19.4 Å². The van der Waals surface area contributed by atoms with E-state index in [2.05, 4.69) is 35.5 Å². The van der Waals surface area contributed by atoms with Gasteiger partial charge in [-0.05, 0) is 46.1 Å². The molecule has 1 heterocycles. The summed E-state index contributed by atoms with van der Waals surface area (Å²) in [6.45, 7) is 3.19. The van der Waals surface area contributed by atoms with Crippen molar-refractivity contribution >= 4 is 17.0 Å². The number of imidazole rings is 1. The molecule has 0 fully saturated rings. The molecule has 1 aromatic heterocycles. The van der Waals surface area contributed by atoms with Gasteiger partial charge in [-0.2, -0.15) is 0 Å². The molecule has 104 valence electrons. The van der Waals surface area contributed by atoms with Crippen LogP contribution in [0.3, 0.4) is 0 Å². The maximum Gasteiger partial charge on any atom is 0.201 e. The van der Waals surface area contributed by atoms with Crippen LogP contribution in [0.25, 0.3) is 11.0 Å². The average Bonchev–Trinajstić information content (AvgIpc) is 2.71. The molecule has 1 atom stereocenters. The van der Waals surface area contributed by atoms with Crippen molar-refractivity contribution in [3.63, 3.8) is 0 Å². The first-order valence-electron chi connectivity index (χ1n) is 6.49. The Morgan fingerprint density at radius 1 is 1.42 bits per heavy atom. The number of nitrogens with two attached hydrogens (primary N) is 1. The maximum atomic E-state index is 6.07. The predicted octanol–water partition coefficient (Wildman–Crippen LogP) is 2.14. The quantitative estimate of drug-likeness (QED) is 0.897. The van der Waals surface area contributed by atoms with Crippen molar-refractivity contribution in [1.29, 1.82) is 0 Å². The van der Waals surface area contributed by atoms with Crippen LogP contribution in [0.1, 0.15) is 19.4 Å². The van der Waals surface area contributed by atoms with Crippen molar-refractivity contribution in [3.8, 4) is 5.75 Å². The Bertz CT molecular complexity index is 562. The highest BCUT2D eigenvalue weighted by atomic mass is 16.5. The van der Waals surface area contributed by atoms with Gasteiger partial charge in [-0.1, -0.05) is 6.07 Å². The number of rotatable bonds is 5. The fourth-order valence-electron chi connectivity index (χ4n) is 2.31. The number of aromatic nitrogens is 2. The number of fused-ring (bicyclic) bond motifs is 1. The minimum Gasteiger partial charge on any atom is -0.494 e. The van der Waals surface area contributed by atoms with Gasteiger partial charge < -0.3 is 19.9 Å². The van der Waals surface area contributed by atoms with Crippen LogP contribution in [0.2, 0.25) is 0 Å². The Kier molecular flexibility index (Phi) is 3.95. The lowest BCUT2D eigenvalue weighted by atomic mass is 10.2. The average molecular weight is 262 g/mol. The molecule has 0 aliphatic heterocycles. The molecule has 5 nitrogen and oxygen atoms in total. The van der Waals surface area contributed by atoms with E-state index in [0.29, 0.717) is 12.0 Å². The number of methoxy groups -OCH3 is 1. The van der Waals surface area contributed by atoms with Gasteiger partial charge in [0.1, 0.15) is 11.3 Å². The van der Waals surface area contributed by atoms with Crippen molar-refractivity contribution < 1.29 is 4.74 Å². The summed E-state index contributed by atoms with van der Waals surface area (Å²) in [7, 11) is 5.80. The summed E-state index contributed by atoms with van der Waals surface area (Å²) in [5.74, 6) is 1.31. The molecule has 0 saturated heterocycles. The number of nitrogens with zero attached hydrogens (tertiary/aromatic N) is 3. The van der Waals surface area contributed by atoms with Crippen LogP contribution in [0.4, 0.5) is 5.95 Å². The minimum absolute atomic E-state index is 0.305. The van der Waals surface area contributed by atoms with E-state index < -0.39 is 0 Å². The summed E-state index contributed by atoms with van der Waals surface area (Å²) in [6.07, 6.45) is 1.03. The minimum atomic E-state index is 0.305. The number of benzene rings is 1. The number of hydrogen-bond acceptors (Lipinski definition) is 4. The Morgan fingerprint density at radius 3 is 2.79 bits per heavy atom. The first-order valence-corrected chi connectivity index (χ1v) is 6.49. The van der Waals surface area contributed by atoms with Crippen molar-refractivity contribution in [2.75, 3.05) is 33.5 Å². The largest absolute Gasteiger partial charge is 0.494 e. The highest BCUT2D eigenvalue weighted by Gasteiger charge is 2.16. The molecular formula is C14H22N4O. The summed E-state index contributed by atoms with van der Waals surface area (Å²) < 4.78 is 7.42. The molecule has 2 aromatic rings. The summed E-state index contributed by atoms with van der Waals surface area (Å²) in [4.78, 5) is 6.61. The molecule has 0 radical (unpaired) electrons. The van der Waals surface area contributed by atoms with E-state index in [1.807, 2.05) is 18.2 Å². The fourth-order valence-corrected chi connectivity index (χ4v) is 2.31. The predicted molar refractivity (Wildman–Crippen MR) is 78.6 cm³/mol. The Balaban J connectivity index is 2.40. The molecule has 1 aromatic carbocycles. The second-order valence-corrected chi connectivity index (χ2v) is 5.11. The van der Waals surface area contributed by atoms with Crippen LogP contribution in [0, 0.1) is 0 Å². The maximum absolute atomic E-state index is 6.07. The van der Waals surface area contributed by atoms with Crippen molar-refractivity contribution in [3.05, 3.63) is 18.2 Å². The third-order valence-electron chi connectivity index (χ3n) is 3.37. The Labute approximate surface area is 114 Å². The van der Waals surface area contributed by atoms with Gasteiger partial charge in [-0.25, -0.2) is 4.98 Å². The number of para-hydroxylation sites is 1. The lowest BCUT2D eigenvalue weighted by Crippen LogP contribution is -2.18. The van der Waals surface area contributed by atoms with Gasteiger partial charge in [-0.3, -0.25) is 0 Å². The van der Waals surface area contributed by atoms with Crippen molar-refractivity contribution in [1.82, 2.24) is 14.5 Å². The number of anilines is 1. The third kappa shape index (κ3) is 2.66. The number of nitrogen functional groups attached to an aromatic ring is 1. The lowest BCUT2D eigenvalue weighted by molar-refractivity contribution is 0.362. The number of hydrogen-bond donors (Lipinski definition) is 1. The van der Waals surface area contributed by atoms with E-state index in [1.54, 1.807) is 7.11 Å². The van der Waals surface area contributed by atoms with Crippen LogP contribution in [0.15, 0.2) is 18.2 Å². The zero-order valence-electron chi connectivity index (χ0n) is 12.1. The normalized spacial score (nSPS) is 13.1. The Morgan fingerprint density at radius 2 is 2.16 bits per heavy atom. The van der Waals surface area contributed by atoms with Gasteiger partial charge in [0.15, 0.2) is 0 Å². The number of ether oxygens (including phenoxy) is 1. The van der Waals surface area contributed by atoms with Gasteiger partial charge in [-0.15, -0.1) is 0 Å². The molecule has 2 rings (SSSR count).